The predicted molar refractivity (Wildman–Crippen MR) is 50.1 cm³/mol. The Hall–Kier alpha value is -1.58. The third-order valence-electron chi connectivity index (χ3n) is 1.19. The van der Waals surface area contributed by atoms with Gasteiger partial charge in [-0.3, -0.25) is 0 Å². The largest absolute Gasteiger partial charge is 0.151 e. The van der Waals surface area contributed by atoms with Gasteiger partial charge in [-0.05, 0) is 23.7 Å². The summed E-state index contributed by atoms with van der Waals surface area (Å²) in [7, 11) is 0. The van der Waals surface area contributed by atoms with Crippen molar-refractivity contribution < 1.29 is 0 Å². The lowest BCUT2D eigenvalue weighted by Crippen LogP contribution is -1.84. The summed E-state index contributed by atoms with van der Waals surface area (Å²) >= 11 is 5.53. The van der Waals surface area contributed by atoms with Crippen LogP contribution in [0, 0.1) is 0 Å². The first-order chi connectivity index (χ1) is 6.33. The van der Waals surface area contributed by atoms with Crippen LogP contribution >= 0.6 is 11.6 Å². The molecule has 0 saturated carbocycles. The van der Waals surface area contributed by atoms with E-state index >= 15 is 0 Å². The van der Waals surface area contributed by atoms with Crippen LogP contribution in [-0.4, -0.2) is 16.7 Å². The maximum atomic E-state index is 7.98. The van der Waals surface area contributed by atoms with Gasteiger partial charge in [0.25, 0.3) is 0 Å². The number of hydrogen-bond donors (Lipinski definition) is 0. The van der Waals surface area contributed by atoms with Gasteiger partial charge in [0, 0.05) is 11.5 Å². The highest BCUT2D eigenvalue weighted by atomic mass is 35.5. The molecule has 13 heavy (non-hydrogen) atoms. The summed E-state index contributed by atoms with van der Waals surface area (Å²) in [4.78, 5) is 2.60. The molecule has 0 aliphatic carbocycles. The first-order valence-electron chi connectivity index (χ1n) is 3.49. The molecule has 0 atom stereocenters. The van der Waals surface area contributed by atoms with Gasteiger partial charge < -0.3 is 0 Å². The van der Waals surface area contributed by atoms with Crippen molar-refractivity contribution in [1.29, 1.82) is 0 Å². The Morgan fingerprint density at radius 2 is 2.38 bits per heavy atom. The number of halogens is 1. The van der Waals surface area contributed by atoms with Crippen LogP contribution in [0.4, 0.5) is 0 Å². The molecule has 0 aliphatic heterocycles. The maximum Gasteiger partial charge on any atom is 0.151 e. The Kier molecular flexibility index (Phi) is 3.75. The van der Waals surface area contributed by atoms with Crippen LogP contribution in [0.2, 0.25) is 5.15 Å². The van der Waals surface area contributed by atoms with Gasteiger partial charge in [-0.15, -0.1) is 10.2 Å². The molecule has 0 spiro atoms. The van der Waals surface area contributed by atoms with E-state index in [0.717, 1.165) is 0 Å². The second-order valence-corrected chi connectivity index (χ2v) is 2.48. The molecule has 0 aliphatic rings. The molecule has 1 rings (SSSR count). The van der Waals surface area contributed by atoms with E-state index < -0.39 is 0 Å². The third-order valence-corrected chi connectivity index (χ3v) is 1.39. The fourth-order valence-electron chi connectivity index (χ4n) is 0.672. The van der Waals surface area contributed by atoms with Crippen molar-refractivity contribution in [3.8, 4) is 0 Å². The fraction of sp³-hybridized carbons (Fsp3) is 0.143. The molecule has 0 unspecified atom stereocenters. The van der Waals surface area contributed by atoms with Crippen LogP contribution in [0.1, 0.15) is 5.69 Å². The summed E-state index contributed by atoms with van der Waals surface area (Å²) < 4.78 is 0. The zero-order valence-electron chi connectivity index (χ0n) is 6.63. The molecule has 66 valence electrons. The summed E-state index contributed by atoms with van der Waals surface area (Å²) in [6.45, 7) is 0.306. The number of rotatable bonds is 3. The summed E-state index contributed by atoms with van der Waals surface area (Å²) in [5, 5.41) is 11.1. The molecular formula is C7H6ClN5. The minimum absolute atomic E-state index is 0.306. The monoisotopic (exact) mass is 195 g/mol. The average molecular weight is 196 g/mol. The van der Waals surface area contributed by atoms with Crippen molar-refractivity contribution >= 4 is 17.7 Å². The Bertz CT molecular complexity index is 338. The van der Waals surface area contributed by atoms with E-state index in [1.165, 1.54) is 0 Å². The lowest BCUT2D eigenvalue weighted by molar-refractivity contribution is 1.02. The minimum atomic E-state index is 0.306. The van der Waals surface area contributed by atoms with Crippen LogP contribution in [0.5, 0.6) is 0 Å². The summed E-state index contributed by atoms with van der Waals surface area (Å²) in [6.07, 6.45) is 3.40. The SMILES string of the molecule is [N-]=[N+]=NCC=Cc1ccc(Cl)nn1. The van der Waals surface area contributed by atoms with Crippen molar-refractivity contribution in [1.82, 2.24) is 10.2 Å². The highest BCUT2D eigenvalue weighted by Gasteiger charge is 1.89. The Labute approximate surface area is 79.7 Å². The number of hydrogen-bond acceptors (Lipinski definition) is 3. The Balaban J connectivity index is 2.58. The molecule has 0 radical (unpaired) electrons. The zero-order chi connectivity index (χ0) is 9.52. The quantitative estimate of drug-likeness (QED) is 0.422. The first kappa shape index (κ1) is 9.51. The van der Waals surface area contributed by atoms with E-state index in [4.69, 9.17) is 17.1 Å². The molecule has 0 fully saturated rings. The van der Waals surface area contributed by atoms with E-state index in [1.807, 2.05) is 0 Å². The second-order valence-electron chi connectivity index (χ2n) is 2.10. The Morgan fingerprint density at radius 1 is 1.54 bits per heavy atom. The molecular weight excluding hydrogens is 190 g/mol. The summed E-state index contributed by atoms with van der Waals surface area (Å²) in [5.74, 6) is 0. The smallest absolute Gasteiger partial charge is 0.150 e. The molecule has 1 aromatic rings. The molecule has 1 aromatic heterocycles. The van der Waals surface area contributed by atoms with E-state index in [2.05, 4.69) is 20.2 Å². The molecule has 6 heteroatoms. The van der Waals surface area contributed by atoms with E-state index in [9.17, 15) is 0 Å². The predicted octanol–water partition coefficient (Wildman–Crippen LogP) is 2.45. The van der Waals surface area contributed by atoms with Crippen molar-refractivity contribution in [3.63, 3.8) is 0 Å². The van der Waals surface area contributed by atoms with Gasteiger partial charge in [0.1, 0.15) is 0 Å². The van der Waals surface area contributed by atoms with Crippen LogP contribution < -0.4 is 0 Å². The summed E-state index contributed by atoms with van der Waals surface area (Å²) in [5.41, 5.74) is 8.66. The Morgan fingerprint density at radius 3 is 3.00 bits per heavy atom. The number of aromatic nitrogens is 2. The van der Waals surface area contributed by atoms with Gasteiger partial charge in [0.05, 0.1) is 5.69 Å². The van der Waals surface area contributed by atoms with Crippen LogP contribution in [0.25, 0.3) is 16.5 Å². The molecule has 0 N–H and O–H groups in total. The first-order valence-corrected chi connectivity index (χ1v) is 3.87. The lowest BCUT2D eigenvalue weighted by Gasteiger charge is -1.89. The van der Waals surface area contributed by atoms with Crippen molar-refractivity contribution in [2.24, 2.45) is 5.11 Å². The van der Waals surface area contributed by atoms with Gasteiger partial charge in [-0.1, -0.05) is 22.8 Å². The van der Waals surface area contributed by atoms with Gasteiger partial charge >= 0.3 is 0 Å². The van der Waals surface area contributed by atoms with Crippen LogP contribution in [0.3, 0.4) is 0 Å². The molecule has 0 aromatic carbocycles. The highest BCUT2D eigenvalue weighted by Crippen LogP contribution is 2.03. The lowest BCUT2D eigenvalue weighted by atomic mass is 10.3. The minimum Gasteiger partial charge on any atom is -0.150 e. The fourth-order valence-corrected chi connectivity index (χ4v) is 0.773. The molecule has 5 nitrogen and oxygen atoms in total. The molecule has 0 saturated heterocycles. The average Bonchev–Trinajstić information content (AvgIpc) is 2.15. The molecule has 0 amide bonds. The molecule has 1 heterocycles. The van der Waals surface area contributed by atoms with Gasteiger partial charge in [0.15, 0.2) is 5.15 Å². The van der Waals surface area contributed by atoms with Gasteiger partial charge in [0.2, 0.25) is 0 Å². The van der Waals surface area contributed by atoms with Crippen molar-refractivity contribution in [2.45, 2.75) is 0 Å². The zero-order valence-corrected chi connectivity index (χ0v) is 7.39. The van der Waals surface area contributed by atoms with E-state index in [1.54, 1.807) is 24.3 Å². The number of azide groups is 1. The van der Waals surface area contributed by atoms with Gasteiger partial charge in [-0.25, -0.2) is 0 Å². The third kappa shape index (κ3) is 3.55. The topological polar surface area (TPSA) is 74.5 Å². The van der Waals surface area contributed by atoms with Crippen molar-refractivity contribution in [2.75, 3.05) is 6.54 Å². The highest BCUT2D eigenvalue weighted by molar-refractivity contribution is 6.29. The van der Waals surface area contributed by atoms with E-state index in [-0.39, 0.29) is 0 Å². The van der Waals surface area contributed by atoms with Crippen molar-refractivity contribution in [3.05, 3.63) is 39.5 Å². The normalized spacial score (nSPS) is 9.92. The van der Waals surface area contributed by atoms with Gasteiger partial charge in [-0.2, -0.15) is 0 Å². The van der Waals surface area contributed by atoms with E-state index in [0.29, 0.717) is 17.4 Å². The van der Waals surface area contributed by atoms with Crippen LogP contribution in [0.15, 0.2) is 23.3 Å². The van der Waals surface area contributed by atoms with Crippen LogP contribution in [-0.2, 0) is 0 Å². The maximum absolute atomic E-state index is 7.98. The second kappa shape index (κ2) is 5.13. The molecule has 0 bridgehead atoms. The standard InChI is InChI=1S/C7H6ClN5/c8-7-4-3-6(11-12-7)2-1-5-10-13-9/h1-4H,5H2. The summed E-state index contributed by atoms with van der Waals surface area (Å²) in [6, 6.07) is 3.36. The number of nitrogens with zero attached hydrogens (tertiary/aromatic N) is 5.